The average molecular weight is 300 g/mol. The van der Waals surface area contributed by atoms with E-state index in [9.17, 15) is 9.59 Å². The Bertz CT molecular complexity index is 846. The summed E-state index contributed by atoms with van der Waals surface area (Å²) in [6.45, 7) is 1.93. The number of rotatable bonds is 3. The maximum atomic E-state index is 12.1. The second kappa shape index (κ2) is 5.37. The Labute approximate surface area is 123 Å². The molecule has 0 bridgehead atoms. The van der Waals surface area contributed by atoms with Gasteiger partial charge in [-0.25, -0.2) is 9.78 Å². The number of anilines is 1. The second-order valence-electron chi connectivity index (χ2n) is 4.41. The van der Waals surface area contributed by atoms with E-state index in [-0.39, 0.29) is 11.6 Å². The number of nitrogens with zero attached hydrogens (tertiary/aromatic N) is 1. The first-order valence-electron chi connectivity index (χ1n) is 6.24. The molecule has 0 aliphatic carbocycles. The molecule has 106 valence electrons. The van der Waals surface area contributed by atoms with Gasteiger partial charge >= 0.3 is 5.69 Å². The average Bonchev–Trinajstić information content (AvgIpc) is 3.08. The number of benzene rings is 1. The van der Waals surface area contributed by atoms with Gasteiger partial charge in [-0.1, -0.05) is 18.2 Å². The van der Waals surface area contributed by atoms with Crippen molar-refractivity contribution in [3.05, 3.63) is 57.0 Å². The number of thiazole rings is 1. The van der Waals surface area contributed by atoms with Gasteiger partial charge < -0.3 is 15.3 Å². The lowest BCUT2D eigenvalue weighted by Gasteiger charge is -2.08. The van der Waals surface area contributed by atoms with Gasteiger partial charge in [-0.15, -0.1) is 11.3 Å². The van der Waals surface area contributed by atoms with E-state index in [1.54, 1.807) is 17.4 Å². The predicted molar refractivity (Wildman–Crippen MR) is 81.7 cm³/mol. The molecule has 6 nitrogen and oxygen atoms in total. The topological polar surface area (TPSA) is 90.6 Å². The molecule has 1 amide bonds. The molecular formula is C14H12N4O2S. The fourth-order valence-corrected chi connectivity index (χ4v) is 2.56. The van der Waals surface area contributed by atoms with Gasteiger partial charge in [0.15, 0.2) is 0 Å². The van der Waals surface area contributed by atoms with Crippen LogP contribution in [0.3, 0.4) is 0 Å². The lowest BCUT2D eigenvalue weighted by molar-refractivity contribution is 0.102. The van der Waals surface area contributed by atoms with E-state index in [0.29, 0.717) is 5.69 Å². The van der Waals surface area contributed by atoms with Crippen molar-refractivity contribution in [2.24, 2.45) is 0 Å². The highest BCUT2D eigenvalue weighted by Gasteiger charge is 2.12. The van der Waals surface area contributed by atoms with E-state index in [1.807, 2.05) is 30.5 Å². The van der Waals surface area contributed by atoms with Crippen LogP contribution in [0.5, 0.6) is 0 Å². The molecule has 3 N–H and O–H groups in total. The molecule has 3 aromatic rings. The molecule has 0 fully saturated rings. The summed E-state index contributed by atoms with van der Waals surface area (Å²) >= 11 is 1.55. The molecule has 2 aromatic heterocycles. The molecule has 0 atom stereocenters. The van der Waals surface area contributed by atoms with Gasteiger partial charge in [-0.2, -0.15) is 0 Å². The van der Waals surface area contributed by atoms with Crippen LogP contribution in [0.15, 0.2) is 40.6 Å². The molecule has 0 spiro atoms. The molecule has 0 aliphatic rings. The maximum Gasteiger partial charge on any atom is 0.323 e. The zero-order valence-corrected chi connectivity index (χ0v) is 12.0. The van der Waals surface area contributed by atoms with Crippen molar-refractivity contribution < 1.29 is 4.79 Å². The van der Waals surface area contributed by atoms with Crippen molar-refractivity contribution in [2.45, 2.75) is 6.92 Å². The molecule has 0 unspecified atom stereocenters. The number of carbonyl (C=O) groups excluding carboxylic acids is 1. The number of imidazole rings is 1. The molecule has 2 heterocycles. The van der Waals surface area contributed by atoms with Gasteiger partial charge in [-0.05, 0) is 13.0 Å². The van der Waals surface area contributed by atoms with Crippen molar-refractivity contribution in [1.82, 2.24) is 15.0 Å². The SMILES string of the molecule is Cc1nc(-c2ccccc2NC(=O)c2c[nH]c(=O)[nH]2)cs1. The monoisotopic (exact) mass is 300 g/mol. The molecule has 0 saturated heterocycles. The van der Waals surface area contributed by atoms with Crippen molar-refractivity contribution in [2.75, 3.05) is 5.32 Å². The van der Waals surface area contributed by atoms with Crippen molar-refractivity contribution in [3.63, 3.8) is 0 Å². The summed E-state index contributed by atoms with van der Waals surface area (Å²) in [6.07, 6.45) is 1.34. The van der Waals surface area contributed by atoms with Crippen LogP contribution in [0.1, 0.15) is 15.5 Å². The summed E-state index contributed by atoms with van der Waals surface area (Å²) in [5.41, 5.74) is 2.08. The fraction of sp³-hybridized carbons (Fsp3) is 0.0714. The predicted octanol–water partition coefficient (Wildman–Crippen LogP) is 2.39. The minimum absolute atomic E-state index is 0.185. The Kier molecular flexibility index (Phi) is 3.41. The first kappa shape index (κ1) is 13.3. The van der Waals surface area contributed by atoms with Crippen molar-refractivity contribution >= 4 is 22.9 Å². The first-order valence-corrected chi connectivity index (χ1v) is 7.12. The maximum absolute atomic E-state index is 12.1. The minimum Gasteiger partial charge on any atom is -0.320 e. The Morgan fingerprint density at radius 2 is 2.14 bits per heavy atom. The number of amides is 1. The van der Waals surface area contributed by atoms with Crippen LogP contribution >= 0.6 is 11.3 Å². The number of aromatic amines is 2. The van der Waals surface area contributed by atoms with E-state index in [0.717, 1.165) is 16.3 Å². The van der Waals surface area contributed by atoms with Gasteiger partial charge in [0.2, 0.25) is 0 Å². The number of H-pyrrole nitrogens is 2. The highest BCUT2D eigenvalue weighted by molar-refractivity contribution is 7.09. The molecule has 3 rings (SSSR count). The molecule has 1 aromatic carbocycles. The van der Waals surface area contributed by atoms with Crippen LogP contribution in [0.25, 0.3) is 11.3 Å². The molecule has 0 aliphatic heterocycles. The van der Waals surface area contributed by atoms with Crippen molar-refractivity contribution in [1.29, 1.82) is 0 Å². The van der Waals surface area contributed by atoms with E-state index in [2.05, 4.69) is 20.3 Å². The lowest BCUT2D eigenvalue weighted by atomic mass is 10.1. The van der Waals surface area contributed by atoms with Crippen molar-refractivity contribution in [3.8, 4) is 11.3 Å². The third kappa shape index (κ3) is 2.77. The summed E-state index contributed by atoms with van der Waals surface area (Å²) in [4.78, 5) is 32.4. The van der Waals surface area contributed by atoms with Gasteiger partial charge in [0.1, 0.15) is 5.69 Å². The van der Waals surface area contributed by atoms with E-state index in [4.69, 9.17) is 0 Å². The van der Waals surface area contributed by atoms with Gasteiger partial charge in [-0.3, -0.25) is 4.79 Å². The molecule has 0 saturated carbocycles. The third-order valence-corrected chi connectivity index (χ3v) is 3.68. The number of aryl methyl sites for hydroxylation is 1. The number of para-hydroxylation sites is 1. The first-order chi connectivity index (χ1) is 10.1. The number of aromatic nitrogens is 3. The zero-order chi connectivity index (χ0) is 14.8. The normalized spacial score (nSPS) is 10.5. The standard InChI is InChI=1S/C14H12N4O2S/c1-8-16-12(7-21-8)9-4-2-3-5-10(9)17-13(19)11-6-15-14(20)18-11/h2-7H,1H3,(H,17,19)(H2,15,18,20). The Hall–Kier alpha value is -2.67. The highest BCUT2D eigenvalue weighted by atomic mass is 32.1. The Morgan fingerprint density at radius 1 is 1.33 bits per heavy atom. The summed E-state index contributed by atoms with van der Waals surface area (Å²) in [5.74, 6) is -0.382. The van der Waals surface area contributed by atoms with Crippen LogP contribution in [-0.2, 0) is 0 Å². The largest absolute Gasteiger partial charge is 0.323 e. The van der Waals surface area contributed by atoms with E-state index < -0.39 is 5.69 Å². The third-order valence-electron chi connectivity index (χ3n) is 2.91. The summed E-state index contributed by atoms with van der Waals surface area (Å²) in [5, 5.41) is 5.69. The Morgan fingerprint density at radius 3 is 2.81 bits per heavy atom. The number of hydrogen-bond acceptors (Lipinski definition) is 4. The number of hydrogen-bond donors (Lipinski definition) is 3. The van der Waals surface area contributed by atoms with Crippen LogP contribution in [-0.4, -0.2) is 20.9 Å². The number of nitrogens with one attached hydrogen (secondary N) is 3. The molecule has 21 heavy (non-hydrogen) atoms. The highest BCUT2D eigenvalue weighted by Crippen LogP contribution is 2.28. The Balaban J connectivity index is 1.92. The van der Waals surface area contributed by atoms with Crippen LogP contribution in [0, 0.1) is 6.92 Å². The minimum atomic E-state index is -0.413. The van der Waals surface area contributed by atoms with Crippen LogP contribution < -0.4 is 11.0 Å². The van der Waals surface area contributed by atoms with E-state index in [1.165, 1.54) is 6.20 Å². The summed E-state index contributed by atoms with van der Waals surface area (Å²) in [7, 11) is 0. The van der Waals surface area contributed by atoms with Crippen LogP contribution in [0.2, 0.25) is 0 Å². The summed E-state index contributed by atoms with van der Waals surface area (Å²) in [6, 6.07) is 7.41. The van der Waals surface area contributed by atoms with Gasteiger partial charge in [0, 0.05) is 17.1 Å². The zero-order valence-electron chi connectivity index (χ0n) is 11.1. The quantitative estimate of drug-likeness (QED) is 0.693. The molecule has 7 heteroatoms. The second-order valence-corrected chi connectivity index (χ2v) is 5.47. The van der Waals surface area contributed by atoms with Crippen LogP contribution in [0.4, 0.5) is 5.69 Å². The number of carbonyl (C=O) groups is 1. The fourth-order valence-electron chi connectivity index (χ4n) is 1.95. The van der Waals surface area contributed by atoms with E-state index >= 15 is 0 Å². The molecule has 0 radical (unpaired) electrons. The van der Waals surface area contributed by atoms with Gasteiger partial charge in [0.25, 0.3) is 5.91 Å². The summed E-state index contributed by atoms with van der Waals surface area (Å²) < 4.78 is 0. The van der Waals surface area contributed by atoms with Gasteiger partial charge in [0.05, 0.1) is 16.4 Å². The molecular weight excluding hydrogens is 288 g/mol. The lowest BCUT2D eigenvalue weighted by Crippen LogP contribution is -2.14. The smallest absolute Gasteiger partial charge is 0.320 e.